The SMILES string of the molecule is Fc1cccc2c(I)nn(Br)c12. The van der Waals surface area contributed by atoms with Crippen molar-refractivity contribution in [3.8, 4) is 0 Å². The molecule has 0 aliphatic carbocycles. The van der Waals surface area contributed by atoms with Crippen molar-refractivity contribution >= 4 is 49.6 Å². The van der Waals surface area contributed by atoms with Crippen molar-refractivity contribution in [1.82, 2.24) is 8.81 Å². The second-order valence-electron chi connectivity index (χ2n) is 2.29. The molecule has 1 aromatic carbocycles. The van der Waals surface area contributed by atoms with Gasteiger partial charge in [-0.2, -0.15) is 8.81 Å². The molecule has 12 heavy (non-hydrogen) atoms. The van der Waals surface area contributed by atoms with Gasteiger partial charge in [0, 0.05) is 5.39 Å². The Kier molecular flexibility index (Phi) is 2.07. The standard InChI is InChI=1S/C7H3BrFIN2/c8-12-6-4(7(10)11-12)2-1-3-5(6)9/h1-3H. The maximum atomic E-state index is 13.2. The quantitative estimate of drug-likeness (QED) is 0.674. The zero-order valence-electron chi connectivity index (χ0n) is 5.76. The van der Waals surface area contributed by atoms with E-state index in [1.165, 1.54) is 9.77 Å². The Labute approximate surface area is 90.2 Å². The largest absolute Gasteiger partial charge is 0.205 e. The van der Waals surface area contributed by atoms with Gasteiger partial charge in [-0.05, 0) is 34.7 Å². The third kappa shape index (κ3) is 1.15. The number of hydrogen-bond acceptors (Lipinski definition) is 1. The average Bonchev–Trinajstić information content (AvgIpc) is 2.29. The van der Waals surface area contributed by atoms with Gasteiger partial charge in [0.25, 0.3) is 0 Å². The van der Waals surface area contributed by atoms with Gasteiger partial charge in [0.2, 0.25) is 0 Å². The van der Waals surface area contributed by atoms with E-state index in [-0.39, 0.29) is 5.82 Å². The lowest BCUT2D eigenvalue weighted by Crippen LogP contribution is -1.83. The van der Waals surface area contributed by atoms with Gasteiger partial charge >= 0.3 is 0 Å². The number of para-hydroxylation sites is 1. The zero-order valence-corrected chi connectivity index (χ0v) is 9.50. The zero-order chi connectivity index (χ0) is 8.72. The summed E-state index contributed by atoms with van der Waals surface area (Å²) in [6.07, 6.45) is 0. The molecule has 0 aliphatic rings. The molecule has 1 aromatic heterocycles. The third-order valence-electron chi connectivity index (χ3n) is 1.57. The molecule has 0 spiro atoms. The number of fused-ring (bicyclic) bond motifs is 1. The van der Waals surface area contributed by atoms with Crippen LogP contribution in [-0.2, 0) is 0 Å². The Bertz CT molecular complexity index is 440. The second-order valence-corrected chi connectivity index (χ2v) is 3.98. The van der Waals surface area contributed by atoms with E-state index in [0.29, 0.717) is 5.52 Å². The number of halogens is 3. The van der Waals surface area contributed by atoms with Crippen LogP contribution in [0.3, 0.4) is 0 Å². The summed E-state index contributed by atoms with van der Waals surface area (Å²) in [6, 6.07) is 4.93. The first kappa shape index (κ1) is 8.43. The van der Waals surface area contributed by atoms with Gasteiger partial charge in [-0.3, -0.25) is 0 Å². The number of rotatable bonds is 0. The predicted molar refractivity (Wildman–Crippen MR) is 56.7 cm³/mol. The normalized spacial score (nSPS) is 10.9. The molecule has 0 saturated heterocycles. The maximum Gasteiger partial charge on any atom is 0.150 e. The predicted octanol–water partition coefficient (Wildman–Crippen LogP) is 2.94. The minimum absolute atomic E-state index is 0.264. The van der Waals surface area contributed by atoms with Crippen molar-refractivity contribution in [2.24, 2.45) is 0 Å². The molecule has 0 aliphatic heterocycles. The summed E-state index contributed by atoms with van der Waals surface area (Å²) in [6.45, 7) is 0. The first-order valence-electron chi connectivity index (χ1n) is 3.19. The number of hydrogen-bond donors (Lipinski definition) is 0. The minimum atomic E-state index is -0.264. The molecule has 0 unspecified atom stereocenters. The van der Waals surface area contributed by atoms with Crippen LogP contribution in [0, 0.1) is 9.52 Å². The summed E-state index contributed by atoms with van der Waals surface area (Å²) in [5.41, 5.74) is 0.488. The maximum absolute atomic E-state index is 13.2. The van der Waals surface area contributed by atoms with Gasteiger partial charge in [0.1, 0.15) is 15.0 Å². The van der Waals surface area contributed by atoms with Crippen LogP contribution in [-0.4, -0.2) is 8.81 Å². The average molecular weight is 341 g/mol. The summed E-state index contributed by atoms with van der Waals surface area (Å²) in [7, 11) is 0. The molecular formula is C7H3BrFIN2. The van der Waals surface area contributed by atoms with Crippen LogP contribution >= 0.6 is 38.7 Å². The van der Waals surface area contributed by atoms with Crippen molar-refractivity contribution in [3.63, 3.8) is 0 Å². The molecule has 0 radical (unpaired) electrons. The molecule has 2 nitrogen and oxygen atoms in total. The van der Waals surface area contributed by atoms with E-state index in [4.69, 9.17) is 0 Å². The number of nitrogens with zero attached hydrogens (tertiary/aromatic N) is 2. The molecule has 0 saturated carbocycles. The fraction of sp³-hybridized carbons (Fsp3) is 0. The molecule has 0 bridgehead atoms. The molecule has 5 heteroatoms. The van der Waals surface area contributed by atoms with Gasteiger partial charge < -0.3 is 0 Å². The van der Waals surface area contributed by atoms with E-state index in [2.05, 4.69) is 43.8 Å². The van der Waals surface area contributed by atoms with Crippen LogP contribution in [0.1, 0.15) is 0 Å². The Hall–Kier alpha value is -0.170. The fourth-order valence-electron chi connectivity index (χ4n) is 1.05. The first-order valence-corrected chi connectivity index (χ1v) is 4.98. The number of aromatic nitrogens is 2. The van der Waals surface area contributed by atoms with Crippen molar-refractivity contribution in [2.75, 3.05) is 0 Å². The second kappa shape index (κ2) is 2.95. The fourth-order valence-corrected chi connectivity index (χ4v) is 2.52. The minimum Gasteiger partial charge on any atom is -0.205 e. The molecule has 0 fully saturated rings. The molecule has 2 aromatic rings. The van der Waals surface area contributed by atoms with E-state index >= 15 is 0 Å². The number of benzene rings is 1. The highest BCUT2D eigenvalue weighted by molar-refractivity contribution is 14.1. The highest BCUT2D eigenvalue weighted by atomic mass is 127. The molecular weight excluding hydrogens is 338 g/mol. The van der Waals surface area contributed by atoms with Crippen LogP contribution in [0.15, 0.2) is 18.2 Å². The molecule has 0 atom stereocenters. The lowest BCUT2D eigenvalue weighted by molar-refractivity contribution is 0.635. The highest BCUT2D eigenvalue weighted by Crippen LogP contribution is 2.23. The Morgan fingerprint density at radius 3 is 2.92 bits per heavy atom. The lowest BCUT2D eigenvalue weighted by atomic mass is 10.2. The lowest BCUT2D eigenvalue weighted by Gasteiger charge is -1.91. The van der Waals surface area contributed by atoms with Gasteiger partial charge in [-0.15, -0.1) is 0 Å². The van der Waals surface area contributed by atoms with Crippen LogP contribution in [0.2, 0.25) is 0 Å². The van der Waals surface area contributed by atoms with E-state index in [1.54, 1.807) is 6.07 Å². The monoisotopic (exact) mass is 340 g/mol. The van der Waals surface area contributed by atoms with Crippen LogP contribution in [0.5, 0.6) is 0 Å². The van der Waals surface area contributed by atoms with E-state index in [9.17, 15) is 4.39 Å². The Morgan fingerprint density at radius 2 is 2.25 bits per heavy atom. The van der Waals surface area contributed by atoms with Crippen LogP contribution in [0.4, 0.5) is 4.39 Å². The van der Waals surface area contributed by atoms with E-state index in [1.807, 2.05) is 6.07 Å². The first-order chi connectivity index (χ1) is 5.70. The molecule has 1 heterocycles. The topological polar surface area (TPSA) is 17.8 Å². The van der Waals surface area contributed by atoms with Crippen LogP contribution in [0.25, 0.3) is 10.9 Å². The summed E-state index contributed by atoms with van der Waals surface area (Å²) < 4.78 is 15.3. The summed E-state index contributed by atoms with van der Waals surface area (Å²) in [5, 5.41) is 4.86. The van der Waals surface area contributed by atoms with E-state index < -0.39 is 0 Å². The van der Waals surface area contributed by atoms with Crippen molar-refractivity contribution < 1.29 is 4.39 Å². The summed E-state index contributed by atoms with van der Waals surface area (Å²) in [4.78, 5) is 0. The third-order valence-corrected chi connectivity index (χ3v) is 2.88. The Morgan fingerprint density at radius 1 is 1.50 bits per heavy atom. The molecule has 2 rings (SSSR count). The van der Waals surface area contributed by atoms with Gasteiger partial charge in [0.05, 0.1) is 16.1 Å². The van der Waals surface area contributed by atoms with Gasteiger partial charge in [-0.1, -0.05) is 6.07 Å². The molecule has 0 amide bonds. The van der Waals surface area contributed by atoms with Gasteiger partial charge in [-0.25, -0.2) is 4.39 Å². The summed E-state index contributed by atoms with van der Waals surface area (Å²) in [5.74, 6) is -0.264. The van der Waals surface area contributed by atoms with E-state index in [0.717, 1.165) is 9.09 Å². The van der Waals surface area contributed by atoms with Crippen molar-refractivity contribution in [2.45, 2.75) is 0 Å². The van der Waals surface area contributed by atoms with Crippen molar-refractivity contribution in [3.05, 3.63) is 27.7 Å². The Balaban J connectivity index is 2.99. The van der Waals surface area contributed by atoms with Crippen LogP contribution < -0.4 is 0 Å². The molecule has 0 N–H and O–H groups in total. The molecule has 62 valence electrons. The van der Waals surface area contributed by atoms with Gasteiger partial charge in [0.15, 0.2) is 0 Å². The van der Waals surface area contributed by atoms with Crippen molar-refractivity contribution in [1.29, 1.82) is 0 Å². The smallest absolute Gasteiger partial charge is 0.150 e. The summed E-state index contributed by atoms with van der Waals surface area (Å²) >= 11 is 5.20. The highest BCUT2D eigenvalue weighted by Gasteiger charge is 2.09.